The van der Waals surface area contributed by atoms with Gasteiger partial charge in [0.25, 0.3) is 0 Å². The number of aliphatic hydroxyl groups is 1. The van der Waals surface area contributed by atoms with Crippen LogP contribution in [0.5, 0.6) is 0 Å². The van der Waals surface area contributed by atoms with Gasteiger partial charge in [-0.15, -0.1) is 0 Å². The number of sulfonamides is 1. The first-order chi connectivity index (χ1) is 13.8. The average Bonchev–Trinajstić information content (AvgIpc) is 2.56. The van der Waals surface area contributed by atoms with Gasteiger partial charge in [0.15, 0.2) is 5.16 Å². The molecule has 0 fully saturated rings. The van der Waals surface area contributed by atoms with Crippen LogP contribution >= 0.6 is 11.8 Å². The Hall–Kier alpha value is -2.05. The van der Waals surface area contributed by atoms with Crippen molar-refractivity contribution in [1.29, 1.82) is 0 Å². The summed E-state index contributed by atoms with van der Waals surface area (Å²) in [5, 5.41) is 12.3. The number of thioether (sulfide) groups is 1. The summed E-state index contributed by atoms with van der Waals surface area (Å²) in [4.78, 5) is 12.4. The van der Waals surface area contributed by atoms with Crippen LogP contribution in [-0.2, 0) is 10.0 Å². The number of aliphatic hydroxyl groups excluding tert-OH is 1. The van der Waals surface area contributed by atoms with Crippen molar-refractivity contribution in [2.75, 3.05) is 22.9 Å². The summed E-state index contributed by atoms with van der Waals surface area (Å²) in [7, 11) is -3.66. The minimum Gasteiger partial charge on any atom is -0.394 e. The highest BCUT2D eigenvalue weighted by molar-refractivity contribution is 7.99. The summed E-state index contributed by atoms with van der Waals surface area (Å²) in [5.41, 5.74) is -0.0965. The van der Waals surface area contributed by atoms with Crippen molar-refractivity contribution in [3.63, 3.8) is 0 Å². The highest BCUT2D eigenvalue weighted by atomic mass is 32.2. The van der Waals surface area contributed by atoms with Gasteiger partial charge in [-0.2, -0.15) is 15.0 Å². The Kier molecular flexibility index (Phi) is 7.59. The average molecular weight is 462 g/mol. The fraction of sp³-hybridized carbons (Fsp3) is 0.500. The van der Waals surface area contributed by atoms with Gasteiger partial charge in [0.1, 0.15) is 11.6 Å². The number of benzene rings is 1. The number of anilines is 2. The summed E-state index contributed by atoms with van der Waals surface area (Å²) < 4.78 is 52.7. The molecule has 1 unspecified atom stereocenters. The predicted octanol–water partition coefficient (Wildman–Crippen LogP) is 3.19. The van der Waals surface area contributed by atoms with Gasteiger partial charge in [-0.05, 0) is 18.4 Å². The molecular formula is C18H25F2N5O3S2. The lowest BCUT2D eigenvalue weighted by molar-refractivity contribution is 0.201. The number of nitrogens with zero attached hydrogens (tertiary/aromatic N) is 3. The number of halogens is 2. The first kappa shape index (κ1) is 24.2. The summed E-state index contributed by atoms with van der Waals surface area (Å²) in [6, 6.07) is 2.86. The first-order valence-electron chi connectivity index (χ1n) is 9.01. The van der Waals surface area contributed by atoms with E-state index in [1.807, 2.05) is 20.8 Å². The maximum Gasteiger partial charge on any atom is 0.242 e. The molecule has 30 heavy (non-hydrogen) atoms. The molecule has 1 aromatic heterocycles. The molecule has 0 radical (unpaired) electrons. The van der Waals surface area contributed by atoms with Gasteiger partial charge in [0.05, 0.1) is 18.9 Å². The minimum absolute atomic E-state index is 0.0550. The van der Waals surface area contributed by atoms with E-state index in [-0.39, 0.29) is 34.6 Å². The molecule has 0 aliphatic heterocycles. The van der Waals surface area contributed by atoms with E-state index in [2.05, 4.69) is 25.0 Å². The SMILES string of the molecule is CC(Sc1nc(N[C@@H](CO)C(C)(C)C)nc(NS(C)(=O)=O)n1)c1ccc(F)cc1F. The van der Waals surface area contributed by atoms with Gasteiger partial charge < -0.3 is 10.4 Å². The molecule has 0 saturated carbocycles. The van der Waals surface area contributed by atoms with Crippen molar-refractivity contribution < 1.29 is 22.3 Å². The maximum absolute atomic E-state index is 14.1. The fourth-order valence-corrected chi connectivity index (χ4v) is 3.77. The van der Waals surface area contributed by atoms with E-state index in [4.69, 9.17) is 0 Å². The summed E-state index contributed by atoms with van der Waals surface area (Å²) in [6.07, 6.45) is 0.957. The van der Waals surface area contributed by atoms with Crippen LogP contribution in [0.4, 0.5) is 20.7 Å². The zero-order valence-electron chi connectivity index (χ0n) is 17.3. The number of hydrogen-bond acceptors (Lipinski definition) is 8. The third kappa shape index (κ3) is 7.03. The van der Waals surface area contributed by atoms with Crippen molar-refractivity contribution in [3.8, 4) is 0 Å². The summed E-state index contributed by atoms with van der Waals surface area (Å²) in [6.45, 7) is 7.21. The molecule has 8 nitrogen and oxygen atoms in total. The molecule has 3 N–H and O–H groups in total. The fourth-order valence-electron chi connectivity index (χ4n) is 2.43. The number of nitrogens with one attached hydrogen (secondary N) is 2. The molecule has 0 aliphatic carbocycles. The summed E-state index contributed by atoms with van der Waals surface area (Å²) in [5.74, 6) is -1.55. The Morgan fingerprint density at radius 3 is 2.33 bits per heavy atom. The molecule has 1 heterocycles. The highest BCUT2D eigenvalue weighted by Gasteiger charge is 2.25. The van der Waals surface area contributed by atoms with Crippen LogP contribution in [0, 0.1) is 17.0 Å². The van der Waals surface area contributed by atoms with Gasteiger partial charge in [-0.25, -0.2) is 17.2 Å². The Morgan fingerprint density at radius 2 is 1.80 bits per heavy atom. The van der Waals surface area contributed by atoms with E-state index in [1.165, 1.54) is 6.07 Å². The van der Waals surface area contributed by atoms with Crippen LogP contribution < -0.4 is 10.0 Å². The van der Waals surface area contributed by atoms with Crippen LogP contribution in [-0.4, -0.2) is 47.4 Å². The molecule has 2 atom stereocenters. The molecule has 0 bridgehead atoms. The largest absolute Gasteiger partial charge is 0.394 e. The second kappa shape index (κ2) is 9.40. The monoisotopic (exact) mass is 461 g/mol. The minimum atomic E-state index is -3.66. The van der Waals surface area contributed by atoms with Gasteiger partial charge >= 0.3 is 0 Å². The standard InChI is InChI=1S/C18H25F2N5O3S2/c1-10(12-7-6-11(19)8-13(12)20)29-17-23-15(21-14(9-26)18(2,3)4)22-16(24-17)25-30(5,27)28/h6-8,10,14,26H,9H2,1-5H3,(H2,21,22,23,24,25)/t10?,14-/m0/s1. The highest BCUT2D eigenvalue weighted by Crippen LogP contribution is 2.35. The molecule has 0 saturated heterocycles. The number of hydrogen-bond donors (Lipinski definition) is 3. The van der Waals surface area contributed by atoms with E-state index in [0.717, 1.165) is 30.2 Å². The quantitative estimate of drug-likeness (QED) is 0.513. The first-order valence-corrected chi connectivity index (χ1v) is 11.8. The Labute approximate surface area is 179 Å². The lowest BCUT2D eigenvalue weighted by atomic mass is 9.87. The molecule has 0 amide bonds. The zero-order chi connectivity index (χ0) is 22.7. The lowest BCUT2D eigenvalue weighted by Gasteiger charge is -2.29. The van der Waals surface area contributed by atoms with Crippen LogP contribution in [0.2, 0.25) is 0 Å². The van der Waals surface area contributed by atoms with Crippen molar-refractivity contribution >= 4 is 33.7 Å². The van der Waals surface area contributed by atoms with Crippen molar-refractivity contribution in [1.82, 2.24) is 15.0 Å². The molecule has 12 heteroatoms. The van der Waals surface area contributed by atoms with Crippen LogP contribution in [0.15, 0.2) is 23.4 Å². The topological polar surface area (TPSA) is 117 Å². The zero-order valence-corrected chi connectivity index (χ0v) is 18.9. The number of aromatic nitrogens is 3. The van der Waals surface area contributed by atoms with E-state index < -0.39 is 32.9 Å². The normalized spacial score (nSPS) is 14.3. The van der Waals surface area contributed by atoms with E-state index in [9.17, 15) is 22.3 Å². The third-order valence-corrected chi connectivity index (χ3v) is 5.66. The van der Waals surface area contributed by atoms with Crippen LogP contribution in [0.3, 0.4) is 0 Å². The van der Waals surface area contributed by atoms with Gasteiger partial charge in [0.2, 0.25) is 21.9 Å². The van der Waals surface area contributed by atoms with E-state index in [1.54, 1.807) is 6.92 Å². The Bertz CT molecular complexity index is 1000. The molecule has 0 aliphatic rings. The van der Waals surface area contributed by atoms with Crippen molar-refractivity contribution in [2.45, 2.75) is 44.1 Å². The Balaban J connectivity index is 2.38. The van der Waals surface area contributed by atoms with Gasteiger partial charge in [-0.3, -0.25) is 4.72 Å². The van der Waals surface area contributed by atoms with Crippen molar-refractivity contribution in [3.05, 3.63) is 35.4 Å². The second-order valence-corrected chi connectivity index (χ2v) is 10.9. The van der Waals surface area contributed by atoms with Crippen molar-refractivity contribution in [2.24, 2.45) is 5.41 Å². The molecular weight excluding hydrogens is 436 g/mol. The molecule has 166 valence electrons. The van der Waals surface area contributed by atoms with Gasteiger partial charge in [-0.1, -0.05) is 38.6 Å². The summed E-state index contributed by atoms with van der Waals surface area (Å²) >= 11 is 1.05. The third-order valence-electron chi connectivity index (χ3n) is 4.11. The van der Waals surface area contributed by atoms with Gasteiger partial charge in [0, 0.05) is 16.9 Å². The van der Waals surface area contributed by atoms with Crippen LogP contribution in [0.1, 0.15) is 38.5 Å². The smallest absolute Gasteiger partial charge is 0.242 e. The predicted molar refractivity (Wildman–Crippen MR) is 113 cm³/mol. The second-order valence-electron chi connectivity index (χ2n) is 7.81. The number of rotatable bonds is 8. The molecule has 1 aromatic carbocycles. The molecule has 2 rings (SSSR count). The lowest BCUT2D eigenvalue weighted by Crippen LogP contribution is -2.38. The van der Waals surface area contributed by atoms with E-state index in [0.29, 0.717) is 0 Å². The molecule has 2 aromatic rings. The molecule has 0 spiro atoms. The Morgan fingerprint density at radius 1 is 1.17 bits per heavy atom. The van der Waals surface area contributed by atoms with E-state index >= 15 is 0 Å². The van der Waals surface area contributed by atoms with Crippen LogP contribution in [0.25, 0.3) is 0 Å². The maximum atomic E-state index is 14.1.